The zero-order valence-corrected chi connectivity index (χ0v) is 20.1. The van der Waals surface area contributed by atoms with Crippen molar-refractivity contribution in [2.75, 3.05) is 37.6 Å². The number of carbonyl (C=O) groups is 2. The van der Waals surface area contributed by atoms with Crippen molar-refractivity contribution in [1.29, 1.82) is 0 Å². The number of unbranched alkanes of at least 4 members (excludes halogenated alkanes) is 3. The monoisotopic (exact) mass is 445 g/mol. The minimum Gasteiger partial charge on any atom is -0.368 e. The van der Waals surface area contributed by atoms with Gasteiger partial charge in [0.25, 0.3) is 11.8 Å². The van der Waals surface area contributed by atoms with Crippen LogP contribution >= 0.6 is 0 Å². The van der Waals surface area contributed by atoms with Crippen molar-refractivity contribution in [3.8, 4) is 0 Å². The molecule has 0 aliphatic carbocycles. The molecule has 2 heterocycles. The predicted octanol–water partition coefficient (Wildman–Crippen LogP) is 4.79. The standard InChI is InChI=1S/C28H35N3O2/c1-4-5-6-10-16-31-27(32)25(23-13-8-7-9-14-23)26(28(31)33)30-19-17-29(18-20-30)24-15-11-12-21(2)22(24)3/h7-9,11-15H,4-6,10,16-20H2,1-3H3. The Kier molecular flexibility index (Phi) is 7.17. The van der Waals surface area contributed by atoms with Crippen molar-refractivity contribution in [3.05, 3.63) is 70.9 Å². The fourth-order valence-electron chi connectivity index (χ4n) is 4.87. The molecule has 2 aliphatic rings. The van der Waals surface area contributed by atoms with E-state index in [1.54, 1.807) is 0 Å². The summed E-state index contributed by atoms with van der Waals surface area (Å²) < 4.78 is 0. The third-order valence-electron chi connectivity index (χ3n) is 6.95. The van der Waals surface area contributed by atoms with Gasteiger partial charge in [-0.05, 0) is 43.0 Å². The molecule has 2 aromatic rings. The molecule has 0 bridgehead atoms. The highest BCUT2D eigenvalue weighted by atomic mass is 16.2. The van der Waals surface area contributed by atoms with Crippen LogP contribution in [0.15, 0.2) is 54.2 Å². The SMILES string of the molecule is CCCCCCN1C(=O)C(c2ccccc2)=C(N2CCN(c3cccc(C)c3C)CC2)C1=O. The summed E-state index contributed by atoms with van der Waals surface area (Å²) in [6.45, 7) is 10.1. The zero-order chi connectivity index (χ0) is 23.4. The number of piperazine rings is 1. The van der Waals surface area contributed by atoms with E-state index in [0.717, 1.165) is 57.4 Å². The Morgan fingerprint density at radius 1 is 0.758 bits per heavy atom. The molecular weight excluding hydrogens is 410 g/mol. The molecule has 0 aromatic heterocycles. The topological polar surface area (TPSA) is 43.9 Å². The fourth-order valence-corrected chi connectivity index (χ4v) is 4.87. The summed E-state index contributed by atoms with van der Waals surface area (Å²) in [5, 5.41) is 0. The lowest BCUT2D eigenvalue weighted by atomic mass is 10.0. The van der Waals surface area contributed by atoms with Crippen LogP contribution in [0.5, 0.6) is 0 Å². The quantitative estimate of drug-likeness (QED) is 0.433. The largest absolute Gasteiger partial charge is 0.368 e. The first-order valence-electron chi connectivity index (χ1n) is 12.2. The van der Waals surface area contributed by atoms with E-state index in [2.05, 4.69) is 48.8 Å². The Labute approximate surface area is 197 Å². The van der Waals surface area contributed by atoms with Gasteiger partial charge >= 0.3 is 0 Å². The number of amides is 2. The minimum atomic E-state index is -0.144. The van der Waals surface area contributed by atoms with Crippen molar-refractivity contribution in [1.82, 2.24) is 9.80 Å². The third kappa shape index (κ3) is 4.68. The summed E-state index contributed by atoms with van der Waals surface area (Å²) >= 11 is 0. The van der Waals surface area contributed by atoms with Crippen molar-refractivity contribution < 1.29 is 9.59 Å². The van der Waals surface area contributed by atoms with E-state index in [0.29, 0.717) is 17.8 Å². The molecule has 33 heavy (non-hydrogen) atoms. The predicted molar refractivity (Wildman–Crippen MR) is 134 cm³/mol. The summed E-state index contributed by atoms with van der Waals surface area (Å²) in [7, 11) is 0. The number of nitrogens with zero attached hydrogens (tertiary/aromatic N) is 3. The molecule has 5 heteroatoms. The molecular formula is C28H35N3O2. The number of imide groups is 1. The molecule has 5 nitrogen and oxygen atoms in total. The van der Waals surface area contributed by atoms with E-state index in [-0.39, 0.29) is 11.8 Å². The smallest absolute Gasteiger partial charge is 0.277 e. The molecule has 0 atom stereocenters. The van der Waals surface area contributed by atoms with Crippen molar-refractivity contribution in [2.24, 2.45) is 0 Å². The van der Waals surface area contributed by atoms with Gasteiger partial charge in [0.15, 0.2) is 0 Å². The van der Waals surface area contributed by atoms with E-state index < -0.39 is 0 Å². The first-order valence-corrected chi connectivity index (χ1v) is 12.2. The molecule has 0 saturated carbocycles. The molecule has 0 spiro atoms. The fraction of sp³-hybridized carbons (Fsp3) is 0.429. The normalized spacial score (nSPS) is 16.9. The van der Waals surface area contributed by atoms with Gasteiger partial charge in [-0.1, -0.05) is 68.7 Å². The number of rotatable bonds is 8. The van der Waals surface area contributed by atoms with Crippen LogP contribution in [-0.2, 0) is 9.59 Å². The molecule has 2 aliphatic heterocycles. The van der Waals surface area contributed by atoms with E-state index in [1.807, 2.05) is 30.3 Å². The number of hydrogen-bond donors (Lipinski definition) is 0. The van der Waals surface area contributed by atoms with Gasteiger partial charge in [-0.15, -0.1) is 0 Å². The van der Waals surface area contributed by atoms with Gasteiger partial charge in [-0.3, -0.25) is 14.5 Å². The highest BCUT2D eigenvalue weighted by Gasteiger charge is 2.41. The Hall–Kier alpha value is -3.08. The van der Waals surface area contributed by atoms with Crippen LogP contribution in [0.25, 0.3) is 5.57 Å². The number of anilines is 1. The molecule has 174 valence electrons. The Morgan fingerprint density at radius 2 is 1.45 bits per heavy atom. The Bertz CT molecular complexity index is 1040. The van der Waals surface area contributed by atoms with Crippen LogP contribution < -0.4 is 4.90 Å². The Balaban J connectivity index is 1.57. The molecule has 1 fully saturated rings. The van der Waals surface area contributed by atoms with E-state index in [1.165, 1.54) is 21.7 Å². The minimum absolute atomic E-state index is 0.129. The summed E-state index contributed by atoms with van der Waals surface area (Å²) in [4.78, 5) is 32.9. The number of benzene rings is 2. The van der Waals surface area contributed by atoms with E-state index in [4.69, 9.17) is 0 Å². The first-order chi connectivity index (χ1) is 16.0. The average molecular weight is 446 g/mol. The molecule has 0 unspecified atom stereocenters. The molecule has 0 N–H and O–H groups in total. The van der Waals surface area contributed by atoms with Crippen LogP contribution in [0.4, 0.5) is 5.69 Å². The van der Waals surface area contributed by atoms with Crippen molar-refractivity contribution in [3.63, 3.8) is 0 Å². The molecule has 2 amide bonds. The summed E-state index contributed by atoms with van der Waals surface area (Å²) in [5.74, 6) is -0.273. The third-order valence-corrected chi connectivity index (χ3v) is 6.95. The molecule has 0 radical (unpaired) electrons. The highest BCUT2D eigenvalue weighted by Crippen LogP contribution is 2.33. The number of carbonyl (C=O) groups excluding carboxylic acids is 2. The molecule has 4 rings (SSSR count). The summed E-state index contributed by atoms with van der Waals surface area (Å²) in [6.07, 6.45) is 4.16. The molecule has 2 aromatic carbocycles. The highest BCUT2D eigenvalue weighted by molar-refractivity contribution is 6.35. The van der Waals surface area contributed by atoms with Gasteiger partial charge in [0.2, 0.25) is 0 Å². The molecule has 1 saturated heterocycles. The van der Waals surface area contributed by atoms with Gasteiger partial charge in [-0.2, -0.15) is 0 Å². The van der Waals surface area contributed by atoms with Gasteiger partial charge in [0.05, 0.1) is 5.57 Å². The van der Waals surface area contributed by atoms with Crippen molar-refractivity contribution >= 4 is 23.1 Å². The van der Waals surface area contributed by atoms with Gasteiger partial charge in [0.1, 0.15) is 5.70 Å². The van der Waals surface area contributed by atoms with Crippen LogP contribution in [0.2, 0.25) is 0 Å². The van der Waals surface area contributed by atoms with E-state index >= 15 is 0 Å². The van der Waals surface area contributed by atoms with E-state index in [9.17, 15) is 9.59 Å². The van der Waals surface area contributed by atoms with Crippen molar-refractivity contribution in [2.45, 2.75) is 46.5 Å². The van der Waals surface area contributed by atoms with Gasteiger partial charge in [0, 0.05) is 38.4 Å². The maximum atomic E-state index is 13.5. The lowest BCUT2D eigenvalue weighted by molar-refractivity contribution is -0.137. The summed E-state index contributed by atoms with van der Waals surface area (Å²) in [5.41, 5.74) is 5.84. The number of aryl methyl sites for hydroxylation is 1. The van der Waals surface area contributed by atoms with Gasteiger partial charge in [-0.25, -0.2) is 0 Å². The maximum absolute atomic E-state index is 13.5. The average Bonchev–Trinajstić information content (AvgIpc) is 3.09. The zero-order valence-electron chi connectivity index (χ0n) is 20.1. The first kappa shape index (κ1) is 23.1. The maximum Gasteiger partial charge on any atom is 0.277 e. The Morgan fingerprint density at radius 3 is 2.15 bits per heavy atom. The summed E-state index contributed by atoms with van der Waals surface area (Å²) in [6, 6.07) is 16.1. The van der Waals surface area contributed by atoms with Gasteiger partial charge < -0.3 is 9.80 Å². The van der Waals surface area contributed by atoms with Crippen LogP contribution in [-0.4, -0.2) is 54.3 Å². The number of hydrogen-bond acceptors (Lipinski definition) is 4. The van der Waals surface area contributed by atoms with Crippen LogP contribution in [0, 0.1) is 13.8 Å². The van der Waals surface area contributed by atoms with Crippen LogP contribution in [0.3, 0.4) is 0 Å². The lowest BCUT2D eigenvalue weighted by Gasteiger charge is -2.38. The lowest BCUT2D eigenvalue weighted by Crippen LogP contribution is -2.48. The second-order valence-corrected chi connectivity index (χ2v) is 9.11. The second kappa shape index (κ2) is 10.2. The van der Waals surface area contributed by atoms with Crippen LogP contribution in [0.1, 0.15) is 49.3 Å². The second-order valence-electron chi connectivity index (χ2n) is 9.11.